The van der Waals surface area contributed by atoms with E-state index in [4.69, 9.17) is 27.9 Å². The quantitative estimate of drug-likeness (QED) is 0.115. The number of aliphatic hydroxyl groups is 2. The van der Waals surface area contributed by atoms with E-state index in [0.717, 1.165) is 24.4 Å². The van der Waals surface area contributed by atoms with Gasteiger partial charge in [0, 0.05) is 28.3 Å². The Bertz CT molecular complexity index is 1950. The van der Waals surface area contributed by atoms with Crippen LogP contribution >= 0.6 is 23.2 Å². The number of nitrogens with zero attached hydrogens (tertiary/aromatic N) is 3. The maximum absolute atomic E-state index is 16.0. The Morgan fingerprint density at radius 2 is 1.74 bits per heavy atom. The van der Waals surface area contributed by atoms with Crippen molar-refractivity contribution >= 4 is 40.0 Å². The number of hydrogen-bond donors (Lipinski definition) is 3. The monoisotopic (exact) mass is 676 g/mol. The average Bonchev–Trinajstić information content (AvgIpc) is 3.47. The summed E-state index contributed by atoms with van der Waals surface area (Å²) in [5, 5.41) is 29.0. The van der Waals surface area contributed by atoms with Gasteiger partial charge in [-0.3, -0.25) is 4.79 Å². The molecule has 240 valence electrons. The molecule has 0 aliphatic heterocycles. The Morgan fingerprint density at radius 3 is 2.37 bits per heavy atom. The number of amides is 1. The van der Waals surface area contributed by atoms with Crippen molar-refractivity contribution in [3.05, 3.63) is 111 Å². The maximum atomic E-state index is 16.0. The van der Waals surface area contributed by atoms with Gasteiger partial charge in [-0.05, 0) is 49.7 Å². The van der Waals surface area contributed by atoms with E-state index in [1.54, 1.807) is 30.3 Å². The zero-order valence-corrected chi connectivity index (χ0v) is 26.0. The molecule has 2 heterocycles. The van der Waals surface area contributed by atoms with Crippen LogP contribution < -0.4 is 10.1 Å². The van der Waals surface area contributed by atoms with E-state index in [0.29, 0.717) is 4.68 Å². The molecule has 3 N–H and O–H groups in total. The Labute approximate surface area is 270 Å². The lowest BCUT2D eigenvalue weighted by molar-refractivity contribution is 0.0573. The van der Waals surface area contributed by atoms with Crippen LogP contribution in [0.4, 0.5) is 17.6 Å². The SMILES string of the molecule is COc1cc(C(=O)NC[C@@](O)(c2ccccc2)c2cc(C(C)(C)O)c(F)c(-c3ccc(F)c(Cl)c3Cl)n2)cc2cn(C(F)F)nc12. The Kier molecular flexibility index (Phi) is 9.02. The molecule has 0 fully saturated rings. The standard InChI is InChI=1S/C32H26Cl2F4N4O4/c1-31(2,44)20-13-23(40-28(26(20)36)19-9-10-21(35)25(34)24(19)33)32(45,18-7-5-4-6-8-18)15-39-29(43)16-11-17-14-42(30(37)38)41-27(17)22(12-16)46-3/h4-14,30,44-45H,15H2,1-3H3,(H,39,43)/t32-/m1/s1. The predicted molar refractivity (Wildman–Crippen MR) is 164 cm³/mol. The van der Waals surface area contributed by atoms with Crippen LogP contribution in [0, 0.1) is 11.6 Å². The molecule has 1 atom stereocenters. The van der Waals surface area contributed by atoms with E-state index in [1.807, 2.05) is 0 Å². The summed E-state index contributed by atoms with van der Waals surface area (Å²) in [6.07, 6.45) is 1.06. The molecule has 0 saturated carbocycles. The molecule has 0 aliphatic rings. The summed E-state index contributed by atoms with van der Waals surface area (Å²) < 4.78 is 62.4. The van der Waals surface area contributed by atoms with Crippen molar-refractivity contribution in [3.63, 3.8) is 0 Å². The molecule has 3 aromatic carbocycles. The average molecular weight is 677 g/mol. The van der Waals surface area contributed by atoms with Gasteiger partial charge in [0.1, 0.15) is 28.4 Å². The smallest absolute Gasteiger partial charge is 0.333 e. The highest BCUT2D eigenvalue weighted by atomic mass is 35.5. The van der Waals surface area contributed by atoms with Crippen LogP contribution in [-0.2, 0) is 11.2 Å². The number of carbonyl (C=O) groups excluding carboxylic acids is 1. The van der Waals surface area contributed by atoms with Gasteiger partial charge < -0.3 is 20.3 Å². The number of benzene rings is 3. The van der Waals surface area contributed by atoms with E-state index in [-0.39, 0.29) is 49.6 Å². The molecule has 5 rings (SSSR count). The highest BCUT2D eigenvalue weighted by molar-refractivity contribution is 6.43. The van der Waals surface area contributed by atoms with Crippen molar-refractivity contribution in [1.82, 2.24) is 20.1 Å². The number of rotatable bonds is 9. The number of methoxy groups -OCH3 is 1. The fraction of sp³-hybridized carbons (Fsp3) is 0.219. The number of nitrogens with one attached hydrogen (secondary N) is 1. The van der Waals surface area contributed by atoms with Gasteiger partial charge in [-0.1, -0.05) is 53.5 Å². The molecule has 0 radical (unpaired) electrons. The van der Waals surface area contributed by atoms with E-state index >= 15 is 4.39 Å². The third-order valence-electron chi connectivity index (χ3n) is 7.36. The molecular weight excluding hydrogens is 651 g/mol. The first-order valence-corrected chi connectivity index (χ1v) is 14.4. The van der Waals surface area contributed by atoms with Crippen molar-refractivity contribution in [2.45, 2.75) is 31.6 Å². The first-order chi connectivity index (χ1) is 21.6. The van der Waals surface area contributed by atoms with Crippen LogP contribution in [0.15, 0.2) is 66.9 Å². The van der Waals surface area contributed by atoms with Crippen molar-refractivity contribution < 1.29 is 37.3 Å². The summed E-state index contributed by atoms with van der Waals surface area (Å²) in [4.78, 5) is 17.8. The van der Waals surface area contributed by atoms with Crippen LogP contribution in [0.25, 0.3) is 22.2 Å². The maximum Gasteiger partial charge on any atom is 0.333 e. The summed E-state index contributed by atoms with van der Waals surface area (Å²) in [7, 11) is 1.30. The fourth-order valence-corrected chi connectivity index (χ4v) is 5.35. The summed E-state index contributed by atoms with van der Waals surface area (Å²) in [5.41, 5.74) is -4.63. The molecule has 0 aliphatic carbocycles. The zero-order valence-electron chi connectivity index (χ0n) is 24.5. The molecule has 0 bridgehead atoms. The van der Waals surface area contributed by atoms with Gasteiger partial charge in [0.15, 0.2) is 5.82 Å². The molecule has 1 amide bonds. The number of aromatic nitrogens is 3. The van der Waals surface area contributed by atoms with Gasteiger partial charge in [-0.25, -0.2) is 18.4 Å². The molecule has 0 saturated heterocycles. The number of ether oxygens (including phenoxy) is 1. The summed E-state index contributed by atoms with van der Waals surface area (Å²) in [6.45, 7) is -0.811. The number of halogens is 6. The van der Waals surface area contributed by atoms with Crippen molar-refractivity contribution in [2.75, 3.05) is 13.7 Å². The minimum absolute atomic E-state index is 0.00579. The highest BCUT2D eigenvalue weighted by Gasteiger charge is 2.38. The van der Waals surface area contributed by atoms with Crippen LogP contribution in [0.2, 0.25) is 10.0 Å². The number of alkyl halides is 2. The van der Waals surface area contributed by atoms with E-state index in [1.165, 1.54) is 33.1 Å². The second-order valence-electron chi connectivity index (χ2n) is 10.9. The predicted octanol–water partition coefficient (Wildman–Crippen LogP) is 6.98. The van der Waals surface area contributed by atoms with E-state index < -0.39 is 52.6 Å². The molecule has 14 heteroatoms. The normalized spacial score (nSPS) is 13.2. The molecule has 2 aromatic heterocycles. The van der Waals surface area contributed by atoms with Gasteiger partial charge in [-0.15, -0.1) is 0 Å². The second-order valence-corrected chi connectivity index (χ2v) is 11.7. The zero-order chi connectivity index (χ0) is 33.6. The fourth-order valence-electron chi connectivity index (χ4n) is 4.95. The van der Waals surface area contributed by atoms with Crippen LogP contribution in [0.5, 0.6) is 5.75 Å². The topological polar surface area (TPSA) is 110 Å². The van der Waals surface area contributed by atoms with Crippen LogP contribution in [-0.4, -0.2) is 44.5 Å². The number of hydrogen-bond acceptors (Lipinski definition) is 6. The third kappa shape index (κ3) is 6.13. The Morgan fingerprint density at radius 1 is 1.04 bits per heavy atom. The second kappa shape index (κ2) is 12.5. The van der Waals surface area contributed by atoms with Crippen LogP contribution in [0.3, 0.4) is 0 Å². The van der Waals surface area contributed by atoms with Crippen molar-refractivity contribution in [2.24, 2.45) is 0 Å². The minimum Gasteiger partial charge on any atom is -0.494 e. The first-order valence-electron chi connectivity index (χ1n) is 13.6. The molecular formula is C32H26Cl2F4N4O4. The van der Waals surface area contributed by atoms with Gasteiger partial charge in [0.2, 0.25) is 0 Å². The van der Waals surface area contributed by atoms with Gasteiger partial charge in [0.25, 0.3) is 5.91 Å². The molecule has 0 spiro atoms. The third-order valence-corrected chi connectivity index (χ3v) is 8.22. The summed E-state index contributed by atoms with van der Waals surface area (Å²) in [5.74, 6) is -2.51. The number of pyridine rings is 1. The van der Waals surface area contributed by atoms with Crippen LogP contribution in [0.1, 0.15) is 47.6 Å². The van der Waals surface area contributed by atoms with Gasteiger partial charge >= 0.3 is 6.55 Å². The van der Waals surface area contributed by atoms with Crippen molar-refractivity contribution in [3.8, 4) is 17.0 Å². The van der Waals surface area contributed by atoms with Crippen molar-refractivity contribution in [1.29, 1.82) is 0 Å². The Hall–Kier alpha value is -4.23. The minimum atomic E-state index is -2.92. The molecule has 0 unspecified atom stereocenters. The lowest BCUT2D eigenvalue weighted by Crippen LogP contribution is -2.42. The largest absolute Gasteiger partial charge is 0.494 e. The van der Waals surface area contributed by atoms with E-state index in [9.17, 15) is 28.2 Å². The molecule has 46 heavy (non-hydrogen) atoms. The lowest BCUT2D eigenvalue weighted by Gasteiger charge is -2.31. The molecule has 8 nitrogen and oxygen atoms in total. The highest BCUT2D eigenvalue weighted by Crippen LogP contribution is 2.40. The Balaban J connectivity index is 1.63. The van der Waals surface area contributed by atoms with Gasteiger partial charge in [0.05, 0.1) is 35.0 Å². The summed E-state index contributed by atoms with van der Waals surface area (Å²) in [6, 6.07) is 14.0. The first kappa shape index (κ1) is 33.1. The lowest BCUT2D eigenvalue weighted by atomic mass is 9.86. The van der Waals surface area contributed by atoms with E-state index in [2.05, 4.69) is 15.4 Å². The number of carbonyl (C=O) groups is 1. The van der Waals surface area contributed by atoms with Gasteiger partial charge in [-0.2, -0.15) is 13.9 Å². The molecule has 5 aromatic rings. The summed E-state index contributed by atoms with van der Waals surface area (Å²) >= 11 is 12.3. The number of fused-ring (bicyclic) bond motifs is 1.